The van der Waals surface area contributed by atoms with E-state index in [0.29, 0.717) is 0 Å². The molecule has 0 aromatic rings. The van der Waals surface area contributed by atoms with Gasteiger partial charge in [-0.3, -0.25) is 0 Å². The summed E-state index contributed by atoms with van der Waals surface area (Å²) in [6, 6.07) is 0. The summed E-state index contributed by atoms with van der Waals surface area (Å²) in [5.41, 5.74) is 0. The van der Waals surface area contributed by atoms with Crippen LogP contribution in [0.15, 0.2) is 0 Å². The first-order valence-corrected chi connectivity index (χ1v) is 0. The third kappa shape index (κ3) is 18.8. The van der Waals surface area contributed by atoms with E-state index in [9.17, 15) is 0 Å². The van der Waals surface area contributed by atoms with Crippen molar-refractivity contribution < 1.29 is 36.1 Å². The van der Waals surface area contributed by atoms with Crippen LogP contribution in [-0.4, -0.2) is 73.1 Å². The fourth-order valence-corrected chi connectivity index (χ4v) is 0. The van der Waals surface area contributed by atoms with Gasteiger partial charge in [0.2, 0.25) is 0 Å². The third-order valence-electron chi connectivity index (χ3n) is 0. The summed E-state index contributed by atoms with van der Waals surface area (Å²) in [7, 11) is 0. The fourth-order valence-electron chi connectivity index (χ4n) is 0. The van der Waals surface area contributed by atoms with Crippen LogP contribution >= 0.6 is 0 Å². The van der Waals surface area contributed by atoms with Crippen molar-refractivity contribution in [2.24, 2.45) is 0 Å². The summed E-state index contributed by atoms with van der Waals surface area (Å²) >= 11 is 0. The third-order valence-corrected chi connectivity index (χ3v) is 0. The second kappa shape index (κ2) is 26.6. The molecule has 5 heavy (non-hydrogen) atoms. The van der Waals surface area contributed by atoms with E-state index in [4.69, 9.17) is 0 Å². The van der Waals surface area contributed by atoms with E-state index in [1.54, 1.807) is 0 Å². The average Bonchev–Trinajstić information content (AvgIpc) is 0. The van der Waals surface area contributed by atoms with Gasteiger partial charge in [-0.1, -0.05) is 0 Å². The summed E-state index contributed by atoms with van der Waals surface area (Å²) in [6.45, 7) is 0. The van der Waals surface area contributed by atoms with Crippen LogP contribution in [0.4, 0.5) is 0 Å². The zero-order chi connectivity index (χ0) is 0. The van der Waals surface area contributed by atoms with Gasteiger partial charge in [0.15, 0.2) is 0 Å². The Morgan fingerprint density at radius 2 is 1.20 bits per heavy atom. The molecule has 0 bridgehead atoms. The van der Waals surface area contributed by atoms with Gasteiger partial charge >= 0.3 is 62.2 Å². The zero-order valence-corrected chi connectivity index (χ0v) is 12.5. The predicted octanol–water partition coefficient (Wildman–Crippen LogP) is -2.26. The van der Waals surface area contributed by atoms with Gasteiger partial charge in [0.05, 0.1) is 0 Å². The summed E-state index contributed by atoms with van der Waals surface area (Å²) in [6.07, 6.45) is 0. The van der Waals surface area contributed by atoms with Crippen LogP contribution in [0, 0.1) is 0 Å². The Morgan fingerprint density at radius 3 is 1.20 bits per heavy atom. The van der Waals surface area contributed by atoms with Gasteiger partial charge in [0.1, 0.15) is 0 Å². The molecule has 0 aliphatic heterocycles. The fraction of sp³-hybridized carbons (Fsp3) is 0. The van der Waals surface area contributed by atoms with Crippen LogP contribution in [0.5, 0.6) is 0 Å². The van der Waals surface area contributed by atoms with Crippen LogP contribution in [0.2, 0.25) is 0 Å². The summed E-state index contributed by atoms with van der Waals surface area (Å²) in [5.74, 6) is 0. The Bertz CT molecular complexity index is 17.7. The minimum Gasteiger partial charge on any atom is -0.0125 e. The summed E-state index contributed by atoms with van der Waals surface area (Å²) in [4.78, 5) is 0. The largest absolute Gasteiger partial charge is 0.0125 e. The van der Waals surface area contributed by atoms with E-state index in [-0.39, 0.29) is 109 Å². The van der Waals surface area contributed by atoms with Gasteiger partial charge in [0, 0.05) is 33.3 Å². The molecule has 0 rings (SSSR count). The van der Waals surface area contributed by atoms with Crippen molar-refractivity contribution in [1.29, 1.82) is 0 Å². The van der Waals surface area contributed by atoms with Gasteiger partial charge in [-0.2, -0.15) is 0 Å². The summed E-state index contributed by atoms with van der Waals surface area (Å²) in [5, 5.41) is 0. The maximum Gasteiger partial charge on any atom is -0.0125 e. The van der Waals surface area contributed by atoms with E-state index < -0.39 is 0 Å². The normalized spacial score (nSPS) is 0. The van der Waals surface area contributed by atoms with Gasteiger partial charge in [0.25, 0.3) is 0 Å². The van der Waals surface area contributed by atoms with Gasteiger partial charge in [-0.05, 0) is 11.0 Å². The second-order valence-corrected chi connectivity index (χ2v) is 0. The Balaban J connectivity index is 0. The number of hydrogen-bond acceptors (Lipinski definition) is 0. The van der Waals surface area contributed by atoms with Crippen LogP contribution in [-0.2, 0) is 33.3 Å². The van der Waals surface area contributed by atoms with E-state index in [2.05, 4.69) is 0 Å². The van der Waals surface area contributed by atoms with E-state index in [0.717, 1.165) is 0 Å². The molecule has 0 aliphatic rings. The maximum atomic E-state index is 0. The quantitative estimate of drug-likeness (QED) is 0.443. The minimum atomic E-state index is 0. The molecule has 0 fully saturated rings. The zero-order valence-electron chi connectivity index (χ0n) is 4.93. The molecule has 0 aliphatic carbocycles. The Kier molecular flexibility index (Phi) is 217. The smallest absolute Gasteiger partial charge is 0.0125 e. The molecule has 0 saturated heterocycles. The first kappa shape index (κ1) is 40.7. The number of hydrogen-bond donors (Lipinski definition) is 0. The molecule has 3 radical (unpaired) electrons. The average molecular weight is 315 g/mol. The predicted molar refractivity (Wildman–Crippen MR) is 26.5 cm³/mol. The van der Waals surface area contributed by atoms with Crippen molar-refractivity contribution >= 4 is 73.1 Å². The molecular weight excluding hydrogens is 308 g/mol. The van der Waals surface area contributed by atoms with Crippen molar-refractivity contribution in [3.05, 3.63) is 0 Å². The van der Waals surface area contributed by atoms with Crippen molar-refractivity contribution in [2.75, 3.05) is 0 Å². The van der Waals surface area contributed by atoms with E-state index >= 15 is 0 Å². The van der Waals surface area contributed by atoms with Crippen LogP contribution in [0.3, 0.4) is 0 Å². The topological polar surface area (TPSA) is 0 Å². The molecule has 0 saturated carbocycles. The number of rotatable bonds is 0. The van der Waals surface area contributed by atoms with Crippen LogP contribution in [0.1, 0.15) is 2.85 Å². The van der Waals surface area contributed by atoms with Crippen molar-refractivity contribution in [1.82, 2.24) is 0 Å². The second-order valence-electron chi connectivity index (χ2n) is 0. The van der Waals surface area contributed by atoms with E-state index in [1.165, 1.54) is 0 Å². The van der Waals surface area contributed by atoms with E-state index in [1.807, 2.05) is 0 Å². The molecule has 0 N–H and O–H groups in total. The molecular formula is H7CaCoNiSbSi. The maximum absolute atomic E-state index is 0. The molecule has 0 unspecified atom stereocenters. The molecule has 0 spiro atoms. The summed E-state index contributed by atoms with van der Waals surface area (Å²) < 4.78 is 0. The van der Waals surface area contributed by atoms with Gasteiger partial charge < -0.3 is 2.85 Å². The molecule has 0 heterocycles. The molecule has 0 amide bonds. The molecule has 0 aromatic carbocycles. The standard InChI is InChI=1S/Ca.Co.Ni.Sb.H3Si.4H/h;;;;1H3;;;;/q+2;;;;;;;2*-1. The minimum absolute atomic E-state index is 0. The Hall–Kier alpha value is 3.29. The van der Waals surface area contributed by atoms with Crippen molar-refractivity contribution in [3.8, 4) is 0 Å². The molecule has 0 atom stereocenters. The van der Waals surface area contributed by atoms with Gasteiger partial charge in [-0.25, -0.2) is 0 Å². The van der Waals surface area contributed by atoms with Crippen LogP contribution in [0.25, 0.3) is 0 Å². The van der Waals surface area contributed by atoms with Crippen molar-refractivity contribution in [2.45, 2.75) is 0 Å². The first-order chi connectivity index (χ1) is 0. The molecule has 0 nitrogen and oxygen atoms in total. The monoisotopic (exact) mass is 313 g/mol. The first-order valence-electron chi connectivity index (χ1n) is 0. The van der Waals surface area contributed by atoms with Crippen LogP contribution < -0.4 is 0 Å². The Labute approximate surface area is 107 Å². The molecule has 5 heteroatoms. The molecule has 37 valence electrons. The molecule has 0 aromatic heterocycles. The Morgan fingerprint density at radius 1 is 1.20 bits per heavy atom. The SMILES string of the molecule is [Ca+2].[Co].[H-].[H-].[Ni].[SbH2].[SiH3]. The van der Waals surface area contributed by atoms with Crippen molar-refractivity contribution in [3.63, 3.8) is 0 Å². The van der Waals surface area contributed by atoms with Gasteiger partial charge in [-0.15, -0.1) is 0 Å².